The molecule has 3 fully saturated rings. The van der Waals surface area contributed by atoms with Crippen molar-refractivity contribution >= 4 is 45.2 Å². The number of aromatic hydroxyl groups is 1. The summed E-state index contributed by atoms with van der Waals surface area (Å²) in [5.74, 6) is -0.153. The maximum atomic E-state index is 16.8. The lowest BCUT2D eigenvalue weighted by Gasteiger charge is -2.40. The van der Waals surface area contributed by atoms with Gasteiger partial charge < -0.3 is 24.7 Å². The molecule has 2 saturated heterocycles. The number of amides is 1. The second-order valence-corrected chi connectivity index (χ2v) is 12.9. The van der Waals surface area contributed by atoms with E-state index < -0.39 is 11.9 Å². The minimum absolute atomic E-state index is 0.000868. The van der Waals surface area contributed by atoms with Crippen LogP contribution in [0.3, 0.4) is 0 Å². The molecule has 3 aromatic carbocycles. The number of piperazine rings is 1. The van der Waals surface area contributed by atoms with Gasteiger partial charge in [-0.15, -0.1) is 0 Å². The van der Waals surface area contributed by atoms with Gasteiger partial charge in [-0.25, -0.2) is 9.18 Å². The second kappa shape index (κ2) is 10.4. The van der Waals surface area contributed by atoms with Gasteiger partial charge >= 0.3 is 12.1 Å². The molecule has 9 nitrogen and oxygen atoms in total. The Labute approximate surface area is 253 Å². The van der Waals surface area contributed by atoms with Gasteiger partial charge in [-0.2, -0.15) is 9.97 Å². The van der Waals surface area contributed by atoms with Crippen molar-refractivity contribution in [3.8, 4) is 22.9 Å². The molecule has 7 rings (SSSR count). The second-order valence-electron chi connectivity index (χ2n) is 12.5. The van der Waals surface area contributed by atoms with Crippen LogP contribution in [0.25, 0.3) is 32.8 Å². The maximum Gasteiger partial charge on any atom is 0.407 e. The van der Waals surface area contributed by atoms with E-state index in [2.05, 4.69) is 9.88 Å². The highest BCUT2D eigenvalue weighted by Crippen LogP contribution is 2.47. The lowest BCUT2D eigenvalue weighted by atomic mass is 9.96. The standard InChI is InChI=1S/C32H33ClFN5O4/c1-37(2)16-32(9-10-32)17-43-30-35-28-24(29(36-30)38-14-19-7-8-20(15-38)39(19)31(41)42)13-25(33)26(27(28)34)23-12-21(40)11-18-5-3-4-6-22(18)23/h3-6,11-13,19-20,40H,7-10,14-17H2,1-2H3,(H,41,42). The van der Waals surface area contributed by atoms with Crippen LogP contribution in [-0.4, -0.2) is 88.5 Å². The minimum Gasteiger partial charge on any atom is -0.508 e. The van der Waals surface area contributed by atoms with Gasteiger partial charge in [0, 0.05) is 36.0 Å². The highest BCUT2D eigenvalue weighted by molar-refractivity contribution is 6.35. The normalized spacial score (nSPS) is 20.8. The first-order chi connectivity index (χ1) is 20.6. The summed E-state index contributed by atoms with van der Waals surface area (Å²) in [4.78, 5) is 27.0. The predicted octanol–water partition coefficient (Wildman–Crippen LogP) is 6.00. The SMILES string of the molecule is CN(C)CC1(COc2nc(N3CC4CCC(C3)N4C(=O)O)c3cc(Cl)c(-c4cc(O)cc5ccccc45)c(F)c3n2)CC1. The van der Waals surface area contributed by atoms with Crippen molar-refractivity contribution in [1.82, 2.24) is 19.8 Å². The molecule has 2 aliphatic heterocycles. The molecule has 1 aromatic heterocycles. The van der Waals surface area contributed by atoms with Gasteiger partial charge in [0.15, 0.2) is 5.82 Å². The van der Waals surface area contributed by atoms with Crippen LogP contribution < -0.4 is 9.64 Å². The zero-order chi connectivity index (χ0) is 30.0. The molecule has 3 heterocycles. The van der Waals surface area contributed by atoms with Gasteiger partial charge in [-0.3, -0.25) is 4.90 Å². The van der Waals surface area contributed by atoms with Crippen molar-refractivity contribution in [3.05, 3.63) is 53.3 Å². The van der Waals surface area contributed by atoms with Crippen LogP contribution in [0.15, 0.2) is 42.5 Å². The Morgan fingerprint density at radius 3 is 2.51 bits per heavy atom. The summed E-state index contributed by atoms with van der Waals surface area (Å²) in [6.45, 7) is 2.13. The van der Waals surface area contributed by atoms with E-state index >= 15 is 4.39 Å². The predicted molar refractivity (Wildman–Crippen MR) is 164 cm³/mol. The maximum absolute atomic E-state index is 16.8. The number of phenolic OH excluding ortho intramolecular Hbond substituents is 1. The van der Waals surface area contributed by atoms with E-state index in [9.17, 15) is 15.0 Å². The topological polar surface area (TPSA) is 102 Å². The number of rotatable bonds is 7. The van der Waals surface area contributed by atoms with Crippen molar-refractivity contribution in [3.63, 3.8) is 0 Å². The molecule has 43 heavy (non-hydrogen) atoms. The number of aromatic nitrogens is 2. The fraction of sp³-hybridized carbons (Fsp3) is 0.406. The largest absolute Gasteiger partial charge is 0.508 e. The van der Waals surface area contributed by atoms with Crippen LogP contribution in [0.2, 0.25) is 5.02 Å². The molecule has 4 aromatic rings. The van der Waals surface area contributed by atoms with Crippen LogP contribution in [0.4, 0.5) is 15.0 Å². The molecule has 1 amide bonds. The summed E-state index contributed by atoms with van der Waals surface area (Å²) < 4.78 is 23.0. The highest BCUT2D eigenvalue weighted by atomic mass is 35.5. The monoisotopic (exact) mass is 605 g/mol. The summed E-state index contributed by atoms with van der Waals surface area (Å²) in [5.41, 5.74) is 0.674. The van der Waals surface area contributed by atoms with Crippen molar-refractivity contribution in [2.24, 2.45) is 5.41 Å². The van der Waals surface area contributed by atoms with E-state index in [4.69, 9.17) is 21.3 Å². The molecule has 1 aliphatic carbocycles. The molecule has 2 unspecified atom stereocenters. The molecular formula is C32H33ClFN5O4. The number of carbonyl (C=O) groups is 1. The lowest BCUT2D eigenvalue weighted by Crippen LogP contribution is -2.55. The number of nitrogens with zero attached hydrogens (tertiary/aromatic N) is 5. The Bertz CT molecular complexity index is 1750. The molecule has 2 atom stereocenters. The molecule has 1 saturated carbocycles. The summed E-state index contributed by atoms with van der Waals surface area (Å²) in [6, 6.07) is 12.0. The summed E-state index contributed by atoms with van der Waals surface area (Å²) >= 11 is 6.84. The number of hydrogen-bond acceptors (Lipinski definition) is 7. The average Bonchev–Trinajstić information content (AvgIpc) is 3.66. The Hall–Kier alpha value is -3.89. The van der Waals surface area contributed by atoms with Crippen LogP contribution >= 0.6 is 11.6 Å². The number of phenols is 1. The zero-order valence-corrected chi connectivity index (χ0v) is 24.8. The van der Waals surface area contributed by atoms with E-state index in [1.165, 1.54) is 11.0 Å². The van der Waals surface area contributed by atoms with Gasteiger partial charge in [-0.1, -0.05) is 35.9 Å². The molecule has 3 aliphatic rings. The van der Waals surface area contributed by atoms with Gasteiger partial charge in [0.25, 0.3) is 0 Å². The minimum atomic E-state index is -0.920. The fourth-order valence-electron chi connectivity index (χ4n) is 7.02. The molecule has 2 bridgehead atoms. The first-order valence-corrected chi connectivity index (χ1v) is 15.0. The zero-order valence-electron chi connectivity index (χ0n) is 24.1. The van der Waals surface area contributed by atoms with E-state index in [0.29, 0.717) is 36.5 Å². The number of fused-ring (bicyclic) bond motifs is 4. The summed E-state index contributed by atoms with van der Waals surface area (Å²) in [5, 5.41) is 22.4. The van der Waals surface area contributed by atoms with Crippen LogP contribution in [0, 0.1) is 11.2 Å². The van der Waals surface area contributed by atoms with Gasteiger partial charge in [0.05, 0.1) is 23.7 Å². The number of ether oxygens (including phenoxy) is 1. The van der Waals surface area contributed by atoms with Crippen LogP contribution in [-0.2, 0) is 0 Å². The summed E-state index contributed by atoms with van der Waals surface area (Å²) in [7, 11) is 4.06. The quantitative estimate of drug-likeness (QED) is 0.264. The fourth-order valence-corrected chi connectivity index (χ4v) is 7.31. The Morgan fingerprint density at radius 1 is 1.12 bits per heavy atom. The third-order valence-corrected chi connectivity index (χ3v) is 9.38. The Balaban J connectivity index is 1.36. The van der Waals surface area contributed by atoms with Crippen molar-refractivity contribution in [1.29, 1.82) is 0 Å². The molecule has 2 N–H and O–H groups in total. The first kappa shape index (κ1) is 27.9. The Morgan fingerprint density at radius 2 is 1.84 bits per heavy atom. The average molecular weight is 606 g/mol. The van der Waals surface area contributed by atoms with E-state index in [-0.39, 0.29) is 45.4 Å². The van der Waals surface area contributed by atoms with Gasteiger partial charge in [-0.05, 0) is 74.3 Å². The van der Waals surface area contributed by atoms with Gasteiger partial charge in [0.1, 0.15) is 17.1 Å². The van der Waals surface area contributed by atoms with E-state index in [0.717, 1.165) is 43.0 Å². The number of anilines is 1. The Kier molecular flexibility index (Phi) is 6.74. The van der Waals surface area contributed by atoms with Crippen LogP contribution in [0.5, 0.6) is 11.8 Å². The number of benzene rings is 3. The van der Waals surface area contributed by atoms with E-state index in [1.54, 1.807) is 12.1 Å². The third-order valence-electron chi connectivity index (χ3n) is 9.08. The lowest BCUT2D eigenvalue weighted by molar-refractivity contribution is 0.114. The molecular weight excluding hydrogens is 573 g/mol. The first-order valence-electron chi connectivity index (χ1n) is 14.6. The number of halogens is 2. The van der Waals surface area contributed by atoms with Crippen molar-refractivity contribution in [2.45, 2.75) is 37.8 Å². The van der Waals surface area contributed by atoms with Crippen molar-refractivity contribution in [2.75, 3.05) is 45.2 Å². The van der Waals surface area contributed by atoms with E-state index in [1.807, 2.05) is 43.3 Å². The molecule has 11 heteroatoms. The highest BCUT2D eigenvalue weighted by Gasteiger charge is 2.45. The van der Waals surface area contributed by atoms with Crippen molar-refractivity contribution < 1.29 is 24.1 Å². The molecule has 224 valence electrons. The van der Waals surface area contributed by atoms with Crippen LogP contribution in [0.1, 0.15) is 25.7 Å². The van der Waals surface area contributed by atoms with Gasteiger partial charge in [0.2, 0.25) is 0 Å². The molecule has 0 radical (unpaired) electrons. The number of hydrogen-bond donors (Lipinski definition) is 2. The summed E-state index contributed by atoms with van der Waals surface area (Å²) in [6.07, 6.45) is 2.67. The smallest absolute Gasteiger partial charge is 0.407 e. The molecule has 0 spiro atoms. The number of carboxylic acid groups (broad SMARTS) is 1. The third kappa shape index (κ3) is 4.96.